The minimum Gasteiger partial charge on any atom is -0.252 e. The van der Waals surface area contributed by atoms with Crippen molar-refractivity contribution >= 4 is 0 Å². The Balaban J connectivity index is 0. The normalized spacial score (nSPS) is 9.00. The molecule has 0 aromatic carbocycles. The molecule has 0 atom stereocenters. The molecular formula is C15H33N3. The summed E-state index contributed by atoms with van der Waals surface area (Å²) in [4.78, 5) is 0. The highest BCUT2D eigenvalue weighted by atomic mass is 15.4. The largest absolute Gasteiger partial charge is 0.252 e. The summed E-state index contributed by atoms with van der Waals surface area (Å²) in [5.74, 6) is 0. The number of aromatic nitrogens is 3. The Morgan fingerprint density at radius 1 is 1.00 bits per heavy atom. The van der Waals surface area contributed by atoms with E-state index in [4.69, 9.17) is 0 Å². The lowest BCUT2D eigenvalue weighted by Crippen LogP contribution is -1.98. The molecule has 0 saturated carbocycles. The smallest absolute Gasteiger partial charge is 0.0824 e. The zero-order valence-electron chi connectivity index (χ0n) is 13.4. The molecule has 1 aromatic rings. The zero-order chi connectivity index (χ0) is 14.2. The summed E-state index contributed by atoms with van der Waals surface area (Å²) in [6, 6.07) is 0. The summed E-state index contributed by atoms with van der Waals surface area (Å²) in [6.07, 6.45) is 9.42. The molecule has 0 saturated heterocycles. The van der Waals surface area contributed by atoms with Crippen LogP contribution in [-0.4, -0.2) is 15.0 Å². The maximum atomic E-state index is 4.05. The average Bonchev–Trinajstić information content (AvgIpc) is 2.86. The third kappa shape index (κ3) is 11.6. The van der Waals surface area contributed by atoms with Crippen molar-refractivity contribution in [2.24, 2.45) is 0 Å². The van der Waals surface area contributed by atoms with Crippen LogP contribution in [0.2, 0.25) is 0 Å². The quantitative estimate of drug-likeness (QED) is 0.679. The van der Waals surface area contributed by atoms with Gasteiger partial charge in [-0.15, -0.1) is 5.10 Å². The summed E-state index contributed by atoms with van der Waals surface area (Å²) in [5.41, 5.74) is 1.09. The molecule has 0 amide bonds. The van der Waals surface area contributed by atoms with Crippen molar-refractivity contribution in [2.75, 3.05) is 0 Å². The second kappa shape index (κ2) is 16.1. The fourth-order valence-corrected chi connectivity index (χ4v) is 1.31. The highest BCUT2D eigenvalue weighted by Crippen LogP contribution is 2.01. The monoisotopic (exact) mass is 255 g/mol. The molecule has 0 aliphatic carbocycles. The van der Waals surface area contributed by atoms with Gasteiger partial charge in [-0.1, -0.05) is 72.4 Å². The summed E-state index contributed by atoms with van der Waals surface area (Å²) >= 11 is 0. The van der Waals surface area contributed by atoms with Gasteiger partial charge in [0.25, 0.3) is 0 Å². The molecule has 0 spiro atoms. The summed E-state index contributed by atoms with van der Waals surface area (Å²) in [6.45, 7) is 13.6. The Kier molecular flexibility index (Phi) is 17.5. The Bertz CT molecular complexity index is 244. The fourth-order valence-electron chi connectivity index (χ4n) is 1.31. The van der Waals surface area contributed by atoms with Gasteiger partial charge in [-0.3, -0.25) is 4.68 Å². The minimum atomic E-state index is 0.981. The lowest BCUT2D eigenvalue weighted by Gasteiger charge is -1.98. The first-order valence-corrected chi connectivity index (χ1v) is 7.67. The van der Waals surface area contributed by atoms with E-state index in [0.29, 0.717) is 0 Å². The molecule has 18 heavy (non-hydrogen) atoms. The van der Waals surface area contributed by atoms with Crippen molar-refractivity contribution in [2.45, 2.75) is 86.6 Å². The number of nitrogens with zero attached hydrogens (tertiary/aromatic N) is 3. The van der Waals surface area contributed by atoms with E-state index in [2.05, 4.69) is 38.0 Å². The van der Waals surface area contributed by atoms with Crippen LogP contribution in [0.15, 0.2) is 6.20 Å². The molecule has 3 heteroatoms. The predicted molar refractivity (Wildman–Crippen MR) is 80.9 cm³/mol. The van der Waals surface area contributed by atoms with Crippen LogP contribution >= 0.6 is 0 Å². The standard InChI is InChI=1S/C10H19N3.C3H8.C2H6/c1-3-5-6-7-8-13-9-10(4-2)11-12-13;1-3-2;1-2/h9H,3-8H2,1-2H3;3H2,1-2H3;1-2H3. The number of unbranched alkanes of at least 4 members (excludes halogenated alkanes) is 3. The van der Waals surface area contributed by atoms with Gasteiger partial charge in [0.2, 0.25) is 0 Å². The van der Waals surface area contributed by atoms with Crippen LogP contribution in [0.1, 0.15) is 79.3 Å². The van der Waals surface area contributed by atoms with E-state index in [1.807, 2.05) is 24.7 Å². The molecule has 0 unspecified atom stereocenters. The Morgan fingerprint density at radius 2 is 1.61 bits per heavy atom. The van der Waals surface area contributed by atoms with Gasteiger partial charge in [0.15, 0.2) is 0 Å². The number of aryl methyl sites for hydroxylation is 2. The summed E-state index contributed by atoms with van der Waals surface area (Å²) < 4.78 is 1.95. The Hall–Kier alpha value is -0.860. The second-order valence-corrected chi connectivity index (χ2v) is 4.09. The van der Waals surface area contributed by atoms with Crippen molar-refractivity contribution in [1.29, 1.82) is 0 Å². The molecule has 1 heterocycles. The van der Waals surface area contributed by atoms with Crippen molar-refractivity contribution in [1.82, 2.24) is 15.0 Å². The van der Waals surface area contributed by atoms with Crippen LogP contribution < -0.4 is 0 Å². The molecule has 0 bridgehead atoms. The molecule has 0 fully saturated rings. The summed E-state index contributed by atoms with van der Waals surface area (Å²) in [5, 5.41) is 8.10. The molecule has 3 nitrogen and oxygen atoms in total. The van der Waals surface area contributed by atoms with Crippen LogP contribution in [0.5, 0.6) is 0 Å². The molecule has 1 rings (SSSR count). The highest BCUT2D eigenvalue weighted by Gasteiger charge is 1.96. The Morgan fingerprint density at radius 3 is 2.06 bits per heavy atom. The average molecular weight is 255 g/mol. The third-order valence-electron chi connectivity index (χ3n) is 2.19. The van der Waals surface area contributed by atoms with Crippen LogP contribution in [-0.2, 0) is 13.0 Å². The van der Waals surface area contributed by atoms with Crippen molar-refractivity contribution in [3.05, 3.63) is 11.9 Å². The van der Waals surface area contributed by atoms with Crippen LogP contribution in [0.25, 0.3) is 0 Å². The molecular weight excluding hydrogens is 222 g/mol. The predicted octanol–water partition coefficient (Wildman–Crippen LogP) is 4.86. The van der Waals surface area contributed by atoms with Gasteiger partial charge >= 0.3 is 0 Å². The first-order valence-electron chi connectivity index (χ1n) is 7.67. The SMILES string of the molecule is CC.CCC.CCCCCCn1cc(CC)nn1. The Labute approximate surface area is 114 Å². The lowest BCUT2D eigenvalue weighted by atomic mass is 10.2. The number of hydrogen-bond acceptors (Lipinski definition) is 2. The number of hydrogen-bond donors (Lipinski definition) is 0. The van der Waals surface area contributed by atoms with Crippen LogP contribution in [0, 0.1) is 0 Å². The van der Waals surface area contributed by atoms with E-state index in [0.717, 1.165) is 18.7 Å². The zero-order valence-corrected chi connectivity index (χ0v) is 13.4. The van der Waals surface area contributed by atoms with E-state index in [1.165, 1.54) is 32.1 Å². The molecule has 0 N–H and O–H groups in total. The molecule has 1 aromatic heterocycles. The molecule has 0 aliphatic heterocycles. The van der Waals surface area contributed by atoms with E-state index in [1.54, 1.807) is 0 Å². The molecule has 108 valence electrons. The van der Waals surface area contributed by atoms with Crippen LogP contribution in [0.3, 0.4) is 0 Å². The first-order chi connectivity index (χ1) is 8.78. The first kappa shape index (κ1) is 19.5. The topological polar surface area (TPSA) is 30.7 Å². The van der Waals surface area contributed by atoms with Gasteiger partial charge in [0.1, 0.15) is 0 Å². The van der Waals surface area contributed by atoms with Crippen molar-refractivity contribution in [3.63, 3.8) is 0 Å². The maximum Gasteiger partial charge on any atom is 0.0824 e. The second-order valence-electron chi connectivity index (χ2n) is 4.09. The van der Waals surface area contributed by atoms with Gasteiger partial charge < -0.3 is 0 Å². The van der Waals surface area contributed by atoms with E-state index < -0.39 is 0 Å². The van der Waals surface area contributed by atoms with Crippen molar-refractivity contribution < 1.29 is 0 Å². The molecule has 0 radical (unpaired) electrons. The molecule has 0 aliphatic rings. The van der Waals surface area contributed by atoms with E-state index in [-0.39, 0.29) is 0 Å². The number of rotatable bonds is 6. The van der Waals surface area contributed by atoms with Gasteiger partial charge in [-0.05, 0) is 12.8 Å². The van der Waals surface area contributed by atoms with Crippen LogP contribution in [0.4, 0.5) is 0 Å². The van der Waals surface area contributed by atoms with Gasteiger partial charge in [-0.2, -0.15) is 0 Å². The highest BCUT2D eigenvalue weighted by molar-refractivity contribution is 4.90. The van der Waals surface area contributed by atoms with Gasteiger partial charge in [0, 0.05) is 12.7 Å². The van der Waals surface area contributed by atoms with E-state index in [9.17, 15) is 0 Å². The van der Waals surface area contributed by atoms with Crippen molar-refractivity contribution in [3.8, 4) is 0 Å². The van der Waals surface area contributed by atoms with Gasteiger partial charge in [-0.25, -0.2) is 0 Å². The summed E-state index contributed by atoms with van der Waals surface area (Å²) in [7, 11) is 0. The van der Waals surface area contributed by atoms with Gasteiger partial charge in [0.05, 0.1) is 5.69 Å². The minimum absolute atomic E-state index is 0.981. The fraction of sp³-hybridized carbons (Fsp3) is 0.867. The lowest BCUT2D eigenvalue weighted by molar-refractivity contribution is 0.527. The third-order valence-corrected chi connectivity index (χ3v) is 2.19. The maximum absolute atomic E-state index is 4.05. The van der Waals surface area contributed by atoms with E-state index >= 15 is 0 Å².